The second-order valence-corrected chi connectivity index (χ2v) is 6.38. The number of para-hydroxylation sites is 1. The van der Waals surface area contributed by atoms with E-state index >= 15 is 0 Å². The highest BCUT2D eigenvalue weighted by atomic mass is 14.7. The molecule has 24 heavy (non-hydrogen) atoms. The van der Waals surface area contributed by atoms with Gasteiger partial charge >= 0.3 is 0 Å². The van der Waals surface area contributed by atoms with Gasteiger partial charge in [-0.05, 0) is 41.1 Å². The molecule has 0 saturated heterocycles. The Morgan fingerprint density at radius 2 is 1.38 bits per heavy atom. The van der Waals surface area contributed by atoms with Crippen LogP contribution in [0.15, 0.2) is 78.9 Å². The van der Waals surface area contributed by atoms with Crippen molar-refractivity contribution >= 4 is 32.6 Å². The van der Waals surface area contributed by atoms with E-state index in [1.807, 2.05) is 0 Å². The van der Waals surface area contributed by atoms with Crippen molar-refractivity contribution in [2.45, 2.75) is 6.92 Å². The number of aryl methyl sites for hydroxylation is 1. The predicted molar refractivity (Wildman–Crippen MR) is 103 cm³/mol. The van der Waals surface area contributed by atoms with E-state index in [1.165, 1.54) is 49.3 Å². The summed E-state index contributed by atoms with van der Waals surface area (Å²) in [5, 5.41) is 5.16. The quantitative estimate of drug-likeness (QED) is 0.366. The molecule has 0 aliphatic carbocycles. The van der Waals surface area contributed by atoms with Gasteiger partial charge in [-0.15, -0.1) is 0 Å². The van der Waals surface area contributed by atoms with Crippen molar-refractivity contribution in [2.75, 3.05) is 0 Å². The third kappa shape index (κ3) is 1.82. The Morgan fingerprint density at radius 3 is 2.25 bits per heavy atom. The number of rotatable bonds is 1. The molecule has 1 aromatic heterocycles. The van der Waals surface area contributed by atoms with E-state index in [0.717, 1.165) is 0 Å². The average molecular weight is 307 g/mol. The Balaban J connectivity index is 2.06. The maximum atomic E-state index is 3.65. The molecule has 1 nitrogen and oxygen atoms in total. The summed E-state index contributed by atoms with van der Waals surface area (Å²) in [7, 11) is 0. The number of aromatic amines is 1. The fourth-order valence-electron chi connectivity index (χ4n) is 3.79. The molecular formula is C23H17N. The molecule has 0 atom stereocenters. The molecule has 0 radical (unpaired) electrons. The van der Waals surface area contributed by atoms with Gasteiger partial charge < -0.3 is 4.98 Å². The van der Waals surface area contributed by atoms with Gasteiger partial charge in [-0.3, -0.25) is 0 Å². The van der Waals surface area contributed by atoms with Crippen molar-refractivity contribution in [3.8, 4) is 11.1 Å². The molecule has 0 saturated carbocycles. The monoisotopic (exact) mass is 307 g/mol. The molecular weight excluding hydrogens is 290 g/mol. The van der Waals surface area contributed by atoms with Gasteiger partial charge in [0.05, 0.1) is 5.52 Å². The van der Waals surface area contributed by atoms with E-state index in [0.29, 0.717) is 0 Å². The smallest absolute Gasteiger partial charge is 0.0550 e. The molecule has 0 bridgehead atoms. The summed E-state index contributed by atoms with van der Waals surface area (Å²) < 4.78 is 0. The topological polar surface area (TPSA) is 15.8 Å². The highest BCUT2D eigenvalue weighted by Crippen LogP contribution is 2.39. The molecule has 5 aromatic rings. The highest BCUT2D eigenvalue weighted by Gasteiger charge is 2.14. The van der Waals surface area contributed by atoms with Gasteiger partial charge in [0.1, 0.15) is 0 Å². The Kier molecular flexibility index (Phi) is 2.77. The Hall–Kier alpha value is -3.06. The Morgan fingerprint density at radius 1 is 0.667 bits per heavy atom. The number of hydrogen-bond donors (Lipinski definition) is 1. The maximum Gasteiger partial charge on any atom is 0.0550 e. The first-order valence-corrected chi connectivity index (χ1v) is 8.31. The molecule has 114 valence electrons. The van der Waals surface area contributed by atoms with Gasteiger partial charge in [-0.25, -0.2) is 0 Å². The van der Waals surface area contributed by atoms with Crippen LogP contribution in [-0.4, -0.2) is 4.98 Å². The van der Waals surface area contributed by atoms with Crippen LogP contribution in [0.3, 0.4) is 0 Å². The third-order valence-corrected chi connectivity index (χ3v) is 4.94. The summed E-state index contributed by atoms with van der Waals surface area (Å²) in [5.41, 5.74) is 6.34. The summed E-state index contributed by atoms with van der Waals surface area (Å²) in [5.74, 6) is 0. The lowest BCUT2D eigenvalue weighted by atomic mass is 9.93. The van der Waals surface area contributed by atoms with Crippen LogP contribution in [0.5, 0.6) is 0 Å². The highest BCUT2D eigenvalue weighted by molar-refractivity contribution is 6.22. The van der Waals surface area contributed by atoms with Crippen molar-refractivity contribution < 1.29 is 0 Å². The molecule has 0 amide bonds. The van der Waals surface area contributed by atoms with Crippen LogP contribution in [0.2, 0.25) is 0 Å². The van der Waals surface area contributed by atoms with E-state index in [1.54, 1.807) is 0 Å². The van der Waals surface area contributed by atoms with E-state index in [4.69, 9.17) is 0 Å². The van der Waals surface area contributed by atoms with Crippen molar-refractivity contribution in [2.24, 2.45) is 0 Å². The SMILES string of the molecule is Cc1ccccc1-c1cc2ccccc2c2[nH]c3ccccc3c12. The molecule has 5 rings (SSSR count). The summed E-state index contributed by atoms with van der Waals surface area (Å²) in [6, 6.07) is 28.2. The van der Waals surface area contributed by atoms with Gasteiger partial charge in [-0.2, -0.15) is 0 Å². The van der Waals surface area contributed by atoms with Gasteiger partial charge in [0, 0.05) is 21.7 Å². The molecule has 1 heteroatoms. The molecule has 0 fully saturated rings. The van der Waals surface area contributed by atoms with Crippen LogP contribution in [0, 0.1) is 6.92 Å². The van der Waals surface area contributed by atoms with Crippen molar-refractivity contribution in [3.63, 3.8) is 0 Å². The summed E-state index contributed by atoms with van der Waals surface area (Å²) in [4.78, 5) is 3.65. The number of aromatic nitrogens is 1. The summed E-state index contributed by atoms with van der Waals surface area (Å²) in [6.45, 7) is 2.19. The van der Waals surface area contributed by atoms with Crippen LogP contribution >= 0.6 is 0 Å². The zero-order chi connectivity index (χ0) is 16.1. The first-order chi connectivity index (χ1) is 11.8. The first kappa shape index (κ1) is 13.4. The van der Waals surface area contributed by atoms with Crippen molar-refractivity contribution in [1.82, 2.24) is 4.98 Å². The van der Waals surface area contributed by atoms with Gasteiger partial charge in [0.15, 0.2) is 0 Å². The van der Waals surface area contributed by atoms with Crippen LogP contribution in [0.25, 0.3) is 43.7 Å². The van der Waals surface area contributed by atoms with E-state index in [2.05, 4.69) is 90.8 Å². The zero-order valence-electron chi connectivity index (χ0n) is 13.5. The molecule has 1 heterocycles. The molecule has 1 N–H and O–H groups in total. The van der Waals surface area contributed by atoms with Crippen molar-refractivity contribution in [3.05, 3.63) is 84.4 Å². The maximum absolute atomic E-state index is 3.65. The third-order valence-electron chi connectivity index (χ3n) is 4.94. The Labute approximate surface area is 140 Å². The minimum Gasteiger partial charge on any atom is -0.354 e. The second-order valence-electron chi connectivity index (χ2n) is 6.38. The molecule has 0 aliphatic rings. The minimum absolute atomic E-state index is 1.19. The first-order valence-electron chi connectivity index (χ1n) is 8.31. The van der Waals surface area contributed by atoms with Crippen molar-refractivity contribution in [1.29, 1.82) is 0 Å². The summed E-state index contributed by atoms with van der Waals surface area (Å²) in [6.07, 6.45) is 0. The Bertz CT molecular complexity index is 1210. The van der Waals surface area contributed by atoms with Crippen LogP contribution in [0.1, 0.15) is 5.56 Å². The van der Waals surface area contributed by atoms with Gasteiger partial charge in [-0.1, -0.05) is 66.7 Å². The molecule has 4 aromatic carbocycles. The number of hydrogen-bond acceptors (Lipinski definition) is 0. The fraction of sp³-hybridized carbons (Fsp3) is 0.0435. The molecule has 0 spiro atoms. The molecule has 0 aliphatic heterocycles. The lowest BCUT2D eigenvalue weighted by molar-refractivity contribution is 1.47. The zero-order valence-corrected chi connectivity index (χ0v) is 13.5. The number of benzene rings is 4. The van der Waals surface area contributed by atoms with E-state index in [-0.39, 0.29) is 0 Å². The van der Waals surface area contributed by atoms with Crippen LogP contribution in [0.4, 0.5) is 0 Å². The standard InChI is InChI=1S/C23H17N/c1-15-8-2-4-10-17(15)20-14-16-9-3-5-11-18(16)23-22(20)19-12-6-7-13-21(19)24-23/h2-14,24H,1H3. The number of nitrogens with one attached hydrogen (secondary N) is 1. The van der Waals surface area contributed by atoms with Gasteiger partial charge in [0.25, 0.3) is 0 Å². The van der Waals surface area contributed by atoms with Gasteiger partial charge in [0.2, 0.25) is 0 Å². The largest absolute Gasteiger partial charge is 0.354 e. The van der Waals surface area contributed by atoms with E-state index in [9.17, 15) is 0 Å². The molecule has 0 unspecified atom stereocenters. The van der Waals surface area contributed by atoms with Crippen LogP contribution < -0.4 is 0 Å². The minimum atomic E-state index is 1.19. The lowest BCUT2D eigenvalue weighted by Gasteiger charge is -2.10. The normalized spacial score (nSPS) is 11.5. The average Bonchev–Trinajstić information content (AvgIpc) is 3.01. The number of H-pyrrole nitrogens is 1. The fourth-order valence-corrected chi connectivity index (χ4v) is 3.79. The number of fused-ring (bicyclic) bond motifs is 5. The predicted octanol–water partition coefficient (Wildman–Crippen LogP) is 6.45. The van der Waals surface area contributed by atoms with E-state index < -0.39 is 0 Å². The summed E-state index contributed by atoms with van der Waals surface area (Å²) >= 11 is 0. The second kappa shape index (κ2) is 4.97. The lowest BCUT2D eigenvalue weighted by Crippen LogP contribution is -1.86. The van der Waals surface area contributed by atoms with Crippen LogP contribution in [-0.2, 0) is 0 Å².